The third-order valence-corrected chi connectivity index (χ3v) is 5.68. The first-order chi connectivity index (χ1) is 12.6. The number of hydrogen-bond acceptors (Lipinski definition) is 6. The molecular weight excluding hydrogens is 388 g/mol. The van der Waals surface area contributed by atoms with E-state index in [1.807, 2.05) is 54.6 Å². The van der Waals surface area contributed by atoms with Crippen LogP contribution in [0.1, 0.15) is 5.56 Å². The second kappa shape index (κ2) is 9.02. The van der Waals surface area contributed by atoms with Gasteiger partial charge in [0.05, 0.1) is 5.75 Å². The Balaban J connectivity index is 1.50. The molecule has 0 atom stereocenters. The van der Waals surface area contributed by atoms with Crippen LogP contribution in [0.5, 0.6) is 0 Å². The highest BCUT2D eigenvalue weighted by Gasteiger charge is 2.12. The van der Waals surface area contributed by atoms with Crippen LogP contribution in [0, 0.1) is 0 Å². The molecule has 0 aliphatic rings. The molecule has 8 heteroatoms. The SMILES string of the molecule is CN(Cc1cccc(Cl)c1)C(=O)CSc1nnc(Nc2ccccc2)s1. The van der Waals surface area contributed by atoms with Crippen molar-refractivity contribution in [1.29, 1.82) is 0 Å². The summed E-state index contributed by atoms with van der Waals surface area (Å²) >= 11 is 8.80. The Morgan fingerprint density at radius 3 is 2.77 bits per heavy atom. The molecule has 0 aliphatic carbocycles. The first-order valence-corrected chi connectivity index (χ1v) is 10.0. The number of nitrogens with zero attached hydrogens (tertiary/aromatic N) is 3. The second-order valence-corrected chi connectivity index (χ2v) is 8.17. The quantitative estimate of drug-likeness (QED) is 0.579. The minimum atomic E-state index is 0.0303. The molecule has 0 radical (unpaired) electrons. The fraction of sp³-hybridized carbons (Fsp3) is 0.167. The number of benzene rings is 2. The van der Waals surface area contributed by atoms with Crippen molar-refractivity contribution < 1.29 is 4.79 Å². The zero-order chi connectivity index (χ0) is 18.4. The lowest BCUT2D eigenvalue weighted by atomic mass is 10.2. The number of carbonyl (C=O) groups is 1. The highest BCUT2D eigenvalue weighted by molar-refractivity contribution is 8.01. The van der Waals surface area contributed by atoms with Crippen LogP contribution in [-0.4, -0.2) is 33.8 Å². The van der Waals surface area contributed by atoms with Crippen LogP contribution in [0.2, 0.25) is 5.02 Å². The van der Waals surface area contributed by atoms with Gasteiger partial charge in [0.1, 0.15) is 0 Å². The number of amides is 1. The molecular formula is C18H17ClN4OS2. The summed E-state index contributed by atoms with van der Waals surface area (Å²) in [5, 5.41) is 12.8. The van der Waals surface area contributed by atoms with Crippen LogP contribution in [0.4, 0.5) is 10.8 Å². The lowest BCUT2D eigenvalue weighted by molar-refractivity contribution is -0.127. The van der Waals surface area contributed by atoms with Gasteiger partial charge in [-0.1, -0.05) is 65.0 Å². The minimum Gasteiger partial charge on any atom is -0.341 e. The van der Waals surface area contributed by atoms with Crippen LogP contribution in [-0.2, 0) is 11.3 Å². The Bertz CT molecular complexity index is 872. The van der Waals surface area contributed by atoms with Gasteiger partial charge in [0.2, 0.25) is 11.0 Å². The van der Waals surface area contributed by atoms with Crippen LogP contribution in [0.3, 0.4) is 0 Å². The maximum absolute atomic E-state index is 12.3. The maximum Gasteiger partial charge on any atom is 0.233 e. The third kappa shape index (κ3) is 5.45. The van der Waals surface area contributed by atoms with Gasteiger partial charge < -0.3 is 10.2 Å². The lowest BCUT2D eigenvalue weighted by Crippen LogP contribution is -2.27. The lowest BCUT2D eigenvalue weighted by Gasteiger charge is -2.16. The van der Waals surface area contributed by atoms with Crippen molar-refractivity contribution in [3.8, 4) is 0 Å². The molecule has 134 valence electrons. The molecule has 2 aromatic carbocycles. The first kappa shape index (κ1) is 18.7. The highest BCUT2D eigenvalue weighted by atomic mass is 35.5. The molecule has 26 heavy (non-hydrogen) atoms. The average molecular weight is 405 g/mol. The number of para-hydroxylation sites is 1. The van der Waals surface area contributed by atoms with Crippen molar-refractivity contribution in [2.45, 2.75) is 10.9 Å². The molecule has 1 amide bonds. The molecule has 0 saturated heterocycles. The van der Waals surface area contributed by atoms with Crippen molar-refractivity contribution in [2.75, 3.05) is 18.1 Å². The standard InChI is InChI=1S/C18H17ClN4OS2/c1-23(11-13-6-5-7-14(19)10-13)16(24)12-25-18-22-21-17(26-18)20-15-8-3-2-4-9-15/h2-10H,11-12H2,1H3,(H,20,21). The predicted octanol–water partition coefficient (Wildman–Crippen LogP) is 4.69. The molecule has 5 nitrogen and oxygen atoms in total. The van der Waals surface area contributed by atoms with E-state index in [9.17, 15) is 4.79 Å². The van der Waals surface area contributed by atoms with E-state index in [2.05, 4.69) is 15.5 Å². The predicted molar refractivity (Wildman–Crippen MR) is 108 cm³/mol. The zero-order valence-electron chi connectivity index (χ0n) is 14.1. The Morgan fingerprint density at radius 1 is 1.19 bits per heavy atom. The number of thioether (sulfide) groups is 1. The van der Waals surface area contributed by atoms with Crippen molar-refractivity contribution in [3.63, 3.8) is 0 Å². The Labute approximate surface area is 165 Å². The molecule has 0 aliphatic heterocycles. The van der Waals surface area contributed by atoms with Gasteiger partial charge >= 0.3 is 0 Å². The molecule has 0 bridgehead atoms. The number of halogens is 1. The number of carbonyl (C=O) groups excluding carboxylic acids is 1. The molecule has 3 aromatic rings. The summed E-state index contributed by atoms with van der Waals surface area (Å²) in [6.45, 7) is 0.525. The van der Waals surface area contributed by atoms with Gasteiger partial charge in [-0.05, 0) is 29.8 Å². The van der Waals surface area contributed by atoms with E-state index in [0.717, 1.165) is 15.6 Å². The summed E-state index contributed by atoms with van der Waals surface area (Å²) in [6, 6.07) is 17.3. The van der Waals surface area contributed by atoms with E-state index >= 15 is 0 Å². The van der Waals surface area contributed by atoms with Gasteiger partial charge in [-0.25, -0.2) is 0 Å². The molecule has 1 heterocycles. The van der Waals surface area contributed by atoms with Crippen molar-refractivity contribution in [1.82, 2.24) is 15.1 Å². The van der Waals surface area contributed by atoms with Gasteiger partial charge in [-0.2, -0.15) is 0 Å². The average Bonchev–Trinajstić information content (AvgIpc) is 3.08. The molecule has 0 spiro atoms. The van der Waals surface area contributed by atoms with Gasteiger partial charge in [-0.15, -0.1) is 10.2 Å². The summed E-state index contributed by atoms with van der Waals surface area (Å²) in [6.07, 6.45) is 0. The summed E-state index contributed by atoms with van der Waals surface area (Å²) in [7, 11) is 1.78. The Hall–Kier alpha value is -2.09. The smallest absolute Gasteiger partial charge is 0.233 e. The number of anilines is 2. The Morgan fingerprint density at radius 2 is 2.00 bits per heavy atom. The van der Waals surface area contributed by atoms with Crippen LogP contribution in [0.15, 0.2) is 58.9 Å². The molecule has 3 rings (SSSR count). The van der Waals surface area contributed by atoms with Crippen LogP contribution >= 0.6 is 34.7 Å². The van der Waals surface area contributed by atoms with Crippen molar-refractivity contribution in [3.05, 3.63) is 65.2 Å². The fourth-order valence-corrected chi connectivity index (χ4v) is 4.12. The molecule has 1 aromatic heterocycles. The maximum atomic E-state index is 12.3. The number of hydrogen-bond donors (Lipinski definition) is 1. The number of nitrogens with one attached hydrogen (secondary N) is 1. The van der Waals surface area contributed by atoms with E-state index in [1.165, 1.54) is 23.1 Å². The molecule has 0 fully saturated rings. The van der Waals surface area contributed by atoms with Gasteiger partial charge in [0, 0.05) is 24.3 Å². The molecule has 0 unspecified atom stereocenters. The summed E-state index contributed by atoms with van der Waals surface area (Å²) in [5.41, 5.74) is 1.96. The van der Waals surface area contributed by atoms with Crippen molar-refractivity contribution in [2.24, 2.45) is 0 Å². The highest BCUT2D eigenvalue weighted by Crippen LogP contribution is 2.27. The monoisotopic (exact) mass is 404 g/mol. The van der Waals surface area contributed by atoms with E-state index in [-0.39, 0.29) is 5.91 Å². The topological polar surface area (TPSA) is 58.1 Å². The zero-order valence-corrected chi connectivity index (χ0v) is 16.4. The Kier molecular flexibility index (Phi) is 6.49. The normalized spacial score (nSPS) is 10.5. The summed E-state index contributed by atoms with van der Waals surface area (Å²) < 4.78 is 0.757. The van der Waals surface area contributed by atoms with E-state index in [1.54, 1.807) is 11.9 Å². The largest absolute Gasteiger partial charge is 0.341 e. The van der Waals surface area contributed by atoms with Crippen LogP contribution in [0.25, 0.3) is 0 Å². The number of aromatic nitrogens is 2. The van der Waals surface area contributed by atoms with Gasteiger partial charge in [0.25, 0.3) is 0 Å². The third-order valence-electron chi connectivity index (χ3n) is 3.49. The van der Waals surface area contributed by atoms with Gasteiger partial charge in [0.15, 0.2) is 4.34 Å². The summed E-state index contributed by atoms with van der Waals surface area (Å²) in [4.78, 5) is 14.0. The first-order valence-electron chi connectivity index (χ1n) is 7.87. The van der Waals surface area contributed by atoms with Crippen LogP contribution < -0.4 is 5.32 Å². The fourth-order valence-electron chi connectivity index (χ4n) is 2.19. The summed E-state index contributed by atoms with van der Waals surface area (Å²) in [5.74, 6) is 0.347. The molecule has 0 saturated carbocycles. The van der Waals surface area contributed by atoms with E-state index in [4.69, 9.17) is 11.6 Å². The second-order valence-electron chi connectivity index (χ2n) is 5.53. The van der Waals surface area contributed by atoms with Crippen molar-refractivity contribution >= 4 is 51.4 Å². The number of rotatable bonds is 7. The minimum absolute atomic E-state index is 0.0303. The van der Waals surface area contributed by atoms with E-state index < -0.39 is 0 Å². The molecule has 1 N–H and O–H groups in total. The van der Waals surface area contributed by atoms with E-state index in [0.29, 0.717) is 22.5 Å². The van der Waals surface area contributed by atoms with Gasteiger partial charge in [-0.3, -0.25) is 4.79 Å².